The van der Waals surface area contributed by atoms with Crippen molar-refractivity contribution >= 4 is 45.9 Å². The van der Waals surface area contributed by atoms with E-state index in [1.54, 1.807) is 25.1 Å². The monoisotopic (exact) mass is 363 g/mol. The molecule has 1 amide bonds. The minimum absolute atomic E-state index is 0.287. The zero-order valence-electron chi connectivity index (χ0n) is 13.7. The van der Waals surface area contributed by atoms with Crippen molar-refractivity contribution in [1.29, 1.82) is 0 Å². The van der Waals surface area contributed by atoms with Crippen LogP contribution in [-0.2, 0) is 9.53 Å². The summed E-state index contributed by atoms with van der Waals surface area (Å²) in [7, 11) is 0. The van der Waals surface area contributed by atoms with Crippen LogP contribution >= 0.6 is 22.9 Å². The number of halogens is 1. The molecule has 1 heterocycles. The number of rotatable bonds is 5. The molecule has 0 aliphatic heterocycles. The number of aryl methyl sites for hydroxylation is 1. The van der Waals surface area contributed by atoms with Gasteiger partial charge in [-0.15, -0.1) is 11.3 Å². The molecule has 0 saturated carbocycles. The van der Waals surface area contributed by atoms with Crippen LogP contribution < -0.4 is 5.32 Å². The van der Waals surface area contributed by atoms with Crippen molar-refractivity contribution in [2.45, 2.75) is 20.8 Å². The molecule has 0 atom stereocenters. The maximum Gasteiger partial charge on any atom is 0.341 e. The fraction of sp³-hybridized carbons (Fsp3) is 0.222. The van der Waals surface area contributed by atoms with Crippen molar-refractivity contribution in [2.75, 3.05) is 11.9 Å². The zero-order valence-corrected chi connectivity index (χ0v) is 15.3. The van der Waals surface area contributed by atoms with Gasteiger partial charge in [-0.3, -0.25) is 4.79 Å². The number of ether oxygens (including phenoxy) is 1. The summed E-state index contributed by atoms with van der Waals surface area (Å²) in [5, 5.41) is 3.86. The zero-order chi connectivity index (χ0) is 17.7. The number of thiophene rings is 1. The van der Waals surface area contributed by atoms with E-state index in [2.05, 4.69) is 5.32 Å². The Balaban J connectivity index is 2.17. The molecular weight excluding hydrogens is 346 g/mol. The van der Waals surface area contributed by atoms with Gasteiger partial charge in [0.05, 0.1) is 12.2 Å². The molecule has 24 heavy (non-hydrogen) atoms. The Morgan fingerprint density at radius 3 is 2.75 bits per heavy atom. The highest BCUT2D eigenvalue weighted by atomic mass is 35.5. The number of benzene rings is 1. The Bertz CT molecular complexity index is 796. The first-order valence-corrected chi connectivity index (χ1v) is 8.63. The van der Waals surface area contributed by atoms with E-state index in [1.165, 1.54) is 17.4 Å². The van der Waals surface area contributed by atoms with Gasteiger partial charge in [0.15, 0.2) is 0 Å². The lowest BCUT2D eigenvalue weighted by Crippen LogP contribution is -2.12. The van der Waals surface area contributed by atoms with Crippen LogP contribution in [0.4, 0.5) is 5.00 Å². The second-order valence-electron chi connectivity index (χ2n) is 5.09. The van der Waals surface area contributed by atoms with Gasteiger partial charge in [0, 0.05) is 16.0 Å². The SMILES string of the molecule is CCOC(=O)c1c(NC(=O)/C=C/c2cccc(Cl)c2)sc(C)c1C. The van der Waals surface area contributed by atoms with Crippen LogP contribution in [-0.4, -0.2) is 18.5 Å². The fourth-order valence-corrected chi connectivity index (χ4v) is 3.35. The Hall–Kier alpha value is -2.11. The number of nitrogens with one attached hydrogen (secondary N) is 1. The minimum atomic E-state index is -0.423. The first-order chi connectivity index (χ1) is 11.4. The minimum Gasteiger partial charge on any atom is -0.462 e. The first-order valence-electron chi connectivity index (χ1n) is 7.44. The predicted molar refractivity (Wildman–Crippen MR) is 98.9 cm³/mol. The summed E-state index contributed by atoms with van der Waals surface area (Å²) in [5.41, 5.74) is 2.07. The second kappa shape index (κ2) is 8.13. The standard InChI is InChI=1S/C18H18ClNO3S/c1-4-23-18(22)16-11(2)12(3)24-17(16)20-15(21)9-8-13-6-5-7-14(19)10-13/h5-10H,4H2,1-3H3,(H,20,21)/b9-8+. The maximum absolute atomic E-state index is 12.1. The summed E-state index contributed by atoms with van der Waals surface area (Å²) in [6, 6.07) is 7.18. The van der Waals surface area contributed by atoms with Gasteiger partial charge < -0.3 is 10.1 Å². The highest BCUT2D eigenvalue weighted by Gasteiger charge is 2.21. The van der Waals surface area contributed by atoms with E-state index in [9.17, 15) is 9.59 Å². The molecule has 126 valence electrons. The molecule has 0 unspecified atom stereocenters. The van der Waals surface area contributed by atoms with Crippen LogP contribution in [0.2, 0.25) is 5.02 Å². The van der Waals surface area contributed by atoms with Crippen molar-refractivity contribution in [1.82, 2.24) is 0 Å². The molecule has 2 rings (SSSR count). The normalized spacial score (nSPS) is 10.8. The summed E-state index contributed by atoms with van der Waals surface area (Å²) in [6.07, 6.45) is 3.07. The lowest BCUT2D eigenvalue weighted by atomic mass is 10.1. The average molecular weight is 364 g/mol. The third kappa shape index (κ3) is 4.46. The van der Waals surface area contributed by atoms with E-state index in [-0.39, 0.29) is 12.5 Å². The van der Waals surface area contributed by atoms with Crippen LogP contribution in [0.15, 0.2) is 30.3 Å². The third-order valence-corrected chi connectivity index (χ3v) is 4.74. The quantitative estimate of drug-likeness (QED) is 0.610. The molecule has 0 bridgehead atoms. The highest BCUT2D eigenvalue weighted by Crippen LogP contribution is 2.33. The topological polar surface area (TPSA) is 55.4 Å². The second-order valence-corrected chi connectivity index (χ2v) is 6.75. The highest BCUT2D eigenvalue weighted by molar-refractivity contribution is 7.16. The van der Waals surface area contributed by atoms with E-state index in [0.717, 1.165) is 16.0 Å². The van der Waals surface area contributed by atoms with Gasteiger partial charge >= 0.3 is 5.97 Å². The van der Waals surface area contributed by atoms with E-state index in [4.69, 9.17) is 16.3 Å². The molecular formula is C18H18ClNO3S. The van der Waals surface area contributed by atoms with Gasteiger partial charge in [-0.2, -0.15) is 0 Å². The third-order valence-electron chi connectivity index (χ3n) is 3.38. The van der Waals surface area contributed by atoms with Crippen molar-refractivity contribution in [3.05, 3.63) is 56.9 Å². The number of hydrogen-bond donors (Lipinski definition) is 1. The van der Waals surface area contributed by atoms with Gasteiger partial charge in [-0.1, -0.05) is 23.7 Å². The van der Waals surface area contributed by atoms with Gasteiger partial charge in [0.2, 0.25) is 5.91 Å². The van der Waals surface area contributed by atoms with Gasteiger partial charge in [0.1, 0.15) is 5.00 Å². The Kier molecular flexibility index (Phi) is 6.17. The predicted octanol–water partition coefficient (Wildman–Crippen LogP) is 4.85. The molecule has 4 nitrogen and oxygen atoms in total. The van der Waals surface area contributed by atoms with Crippen LogP contribution in [0.3, 0.4) is 0 Å². The van der Waals surface area contributed by atoms with Crippen molar-refractivity contribution in [2.24, 2.45) is 0 Å². The van der Waals surface area contributed by atoms with E-state index >= 15 is 0 Å². The van der Waals surface area contributed by atoms with Crippen LogP contribution in [0, 0.1) is 13.8 Å². The molecule has 2 aromatic rings. The first kappa shape index (κ1) is 18.2. The summed E-state index contributed by atoms with van der Waals surface area (Å²) < 4.78 is 5.07. The number of esters is 1. The van der Waals surface area contributed by atoms with Crippen LogP contribution in [0.5, 0.6) is 0 Å². The molecule has 0 radical (unpaired) electrons. The molecule has 1 aromatic heterocycles. The Morgan fingerprint density at radius 1 is 1.33 bits per heavy atom. The smallest absolute Gasteiger partial charge is 0.341 e. The van der Waals surface area contributed by atoms with Crippen molar-refractivity contribution < 1.29 is 14.3 Å². The molecule has 0 fully saturated rings. The molecule has 0 saturated heterocycles. The largest absolute Gasteiger partial charge is 0.462 e. The Morgan fingerprint density at radius 2 is 2.08 bits per heavy atom. The maximum atomic E-state index is 12.1. The number of amides is 1. The molecule has 1 aromatic carbocycles. The Labute approximate surface area is 150 Å². The summed E-state index contributed by atoms with van der Waals surface area (Å²) in [6.45, 7) is 5.78. The number of carbonyl (C=O) groups excluding carboxylic acids is 2. The summed E-state index contributed by atoms with van der Waals surface area (Å²) in [4.78, 5) is 25.2. The molecule has 1 N–H and O–H groups in total. The van der Waals surface area contributed by atoms with Crippen molar-refractivity contribution in [3.8, 4) is 0 Å². The van der Waals surface area contributed by atoms with Gasteiger partial charge in [-0.25, -0.2) is 4.79 Å². The van der Waals surface area contributed by atoms with Crippen molar-refractivity contribution in [3.63, 3.8) is 0 Å². The van der Waals surface area contributed by atoms with Gasteiger partial charge in [-0.05, 0) is 50.1 Å². The fourth-order valence-electron chi connectivity index (χ4n) is 2.10. The average Bonchev–Trinajstić information content (AvgIpc) is 2.80. The molecule has 0 aliphatic carbocycles. The van der Waals surface area contributed by atoms with E-state index in [1.807, 2.05) is 26.0 Å². The number of anilines is 1. The molecule has 6 heteroatoms. The van der Waals surface area contributed by atoms with E-state index in [0.29, 0.717) is 15.6 Å². The molecule has 0 spiro atoms. The summed E-state index contributed by atoms with van der Waals surface area (Å²) >= 11 is 7.27. The molecule has 0 aliphatic rings. The van der Waals surface area contributed by atoms with Gasteiger partial charge in [0.25, 0.3) is 0 Å². The lowest BCUT2D eigenvalue weighted by molar-refractivity contribution is -0.111. The summed E-state index contributed by atoms with van der Waals surface area (Å²) in [5.74, 6) is -0.741. The lowest BCUT2D eigenvalue weighted by Gasteiger charge is -2.05. The van der Waals surface area contributed by atoms with Crippen LogP contribution in [0.1, 0.15) is 33.3 Å². The number of carbonyl (C=O) groups is 2. The van der Waals surface area contributed by atoms with Crippen LogP contribution in [0.25, 0.3) is 6.08 Å². The number of hydrogen-bond acceptors (Lipinski definition) is 4. The van der Waals surface area contributed by atoms with E-state index < -0.39 is 5.97 Å².